The number of fused-ring (bicyclic) bond motifs is 6. The predicted octanol–water partition coefficient (Wildman–Crippen LogP) is -0.928. The first-order valence-corrected chi connectivity index (χ1v) is 27.4. The molecule has 2 aliphatic rings. The summed E-state index contributed by atoms with van der Waals surface area (Å²) >= 11 is 4.60. The van der Waals surface area contributed by atoms with E-state index in [0.29, 0.717) is 23.3 Å². The molecule has 2 unspecified atom stereocenters. The molecule has 2 fully saturated rings. The minimum absolute atomic E-state index is 0.0152. The van der Waals surface area contributed by atoms with Crippen molar-refractivity contribution < 1.29 is 43.2 Å². The van der Waals surface area contributed by atoms with Crippen LogP contribution in [0.15, 0.2) is 65.7 Å². The van der Waals surface area contributed by atoms with E-state index >= 15 is 0 Å². The zero-order valence-corrected chi connectivity index (χ0v) is 43.8. The fourth-order valence-corrected chi connectivity index (χ4v) is 10.6. The van der Waals surface area contributed by atoms with E-state index in [2.05, 4.69) is 60.3 Å². The lowest BCUT2D eigenvalue weighted by molar-refractivity contribution is -0.141. The molecule has 2 bridgehead atoms. The Morgan fingerprint density at radius 2 is 1.30 bits per heavy atom. The maximum Gasteiger partial charge on any atom is 0.259 e. The highest BCUT2D eigenvalue weighted by atomic mass is 33.1. The van der Waals surface area contributed by atoms with Gasteiger partial charge in [0.2, 0.25) is 47.3 Å². The van der Waals surface area contributed by atoms with Gasteiger partial charge in [0.15, 0.2) is 5.96 Å². The van der Waals surface area contributed by atoms with Crippen LogP contribution in [0.4, 0.5) is 0 Å². The molecule has 2 aromatic rings. The summed E-state index contributed by atoms with van der Waals surface area (Å²) in [5.74, 6) is -5.63. The first-order valence-electron chi connectivity index (χ1n) is 24.4. The second-order valence-electron chi connectivity index (χ2n) is 18.1. The van der Waals surface area contributed by atoms with Crippen LogP contribution in [0.1, 0.15) is 76.3 Å². The third kappa shape index (κ3) is 21.9. The van der Waals surface area contributed by atoms with Gasteiger partial charge >= 0.3 is 0 Å². The van der Waals surface area contributed by atoms with E-state index < -0.39 is 101 Å². The second kappa shape index (κ2) is 31.5. The monoisotopic (exact) mass is 1070 g/mol. The van der Waals surface area contributed by atoms with E-state index in [1.165, 1.54) is 21.6 Å². The molecule has 9 amide bonds. The molecule has 2 aliphatic heterocycles. The summed E-state index contributed by atoms with van der Waals surface area (Å²) in [6.45, 7) is 3.22. The molecule has 14 N–H and O–H groups in total. The SMILES string of the molecule is CC(C)C[C@@H]1NC(=O)CNN2CCCNC(=O)C(CSSCCC(S)[C@@H](C(N)=O)NC1=O)NC(=O)CCCC(=O)N[C@@H](CCCN=C(N)N)C(=O)N[C@@H](Cc1ccccc1)C(=O)N[C@@H](Cc1ccccc1)C2=O. The fourth-order valence-electron chi connectivity index (χ4n) is 7.82. The van der Waals surface area contributed by atoms with Crippen LogP contribution in [0.2, 0.25) is 0 Å². The summed E-state index contributed by atoms with van der Waals surface area (Å²) in [4.78, 5) is 129. The molecule has 0 radical (unpaired) electrons. The van der Waals surface area contributed by atoms with Gasteiger partial charge in [0.25, 0.3) is 5.91 Å². The third-order valence-corrected chi connectivity index (χ3v) is 14.6. The minimum atomic E-state index is -1.31. The molecular weight excluding hydrogens is 999 g/mol. The lowest BCUT2D eigenvalue weighted by Gasteiger charge is -2.30. The van der Waals surface area contributed by atoms with Gasteiger partial charge < -0.3 is 54.4 Å². The Morgan fingerprint density at radius 3 is 1.93 bits per heavy atom. The van der Waals surface area contributed by atoms with Crippen LogP contribution in [0.3, 0.4) is 0 Å². The van der Waals surface area contributed by atoms with Gasteiger partial charge in [-0.3, -0.25) is 53.2 Å². The molecule has 2 aromatic carbocycles. The largest absolute Gasteiger partial charge is 0.370 e. The molecular formula is C48H71N13O9S3. The lowest BCUT2D eigenvalue weighted by Crippen LogP contribution is -2.60. The zero-order valence-electron chi connectivity index (χ0n) is 41.3. The number of aliphatic imine (C=N–C) groups is 1. The number of rotatable bonds is 11. The van der Waals surface area contributed by atoms with Crippen molar-refractivity contribution in [1.82, 2.24) is 47.7 Å². The van der Waals surface area contributed by atoms with Crippen molar-refractivity contribution >= 4 is 93.3 Å². The first-order chi connectivity index (χ1) is 34.9. The van der Waals surface area contributed by atoms with Crippen LogP contribution in [-0.4, -0.2) is 143 Å². The van der Waals surface area contributed by atoms with Gasteiger partial charge in [-0.25, -0.2) is 5.43 Å². The number of nitrogens with one attached hydrogen (secondary N) is 8. The molecule has 4 rings (SSSR count). The molecule has 73 heavy (non-hydrogen) atoms. The Kier molecular flexibility index (Phi) is 25.7. The average molecular weight is 1070 g/mol. The molecule has 2 heterocycles. The van der Waals surface area contributed by atoms with Crippen LogP contribution in [0.25, 0.3) is 0 Å². The quantitative estimate of drug-likeness (QED) is 0.0426. The number of guanidine groups is 1. The average Bonchev–Trinajstić information content (AvgIpc) is 3.34. The maximum atomic E-state index is 15.0. The van der Waals surface area contributed by atoms with E-state index in [0.717, 1.165) is 5.01 Å². The number of amides is 9. The van der Waals surface area contributed by atoms with Crippen molar-refractivity contribution in [3.63, 3.8) is 0 Å². The van der Waals surface area contributed by atoms with Gasteiger partial charge in [0, 0.05) is 62.1 Å². The first kappa shape index (κ1) is 59.5. The Balaban J connectivity index is 1.79. The number of nitrogens with two attached hydrogens (primary N) is 3. The smallest absolute Gasteiger partial charge is 0.259 e. The highest BCUT2D eigenvalue weighted by Gasteiger charge is 2.34. The summed E-state index contributed by atoms with van der Waals surface area (Å²) in [5.41, 5.74) is 21.0. The summed E-state index contributed by atoms with van der Waals surface area (Å²) in [5, 5.41) is 19.8. The Morgan fingerprint density at radius 1 is 0.712 bits per heavy atom. The number of hydrazine groups is 1. The standard InChI is InChI=1S/C48H71N13O9S3/c1-29(2)24-33-46(69)60-41(42(49)65)37(71)19-23-72-73-28-36-43(66)52-21-11-22-61(54-27-40(64)56-33)47(70)35(26-31-14-7-4-8-15-31)59-45(68)34(25-30-12-5-3-6-13-30)58-44(67)32(16-10-20-53-48(50)51)55-38(62)17-9-18-39(63)57-36/h3-8,12-15,29,32-37,41,54,71H,9-11,16-28H2,1-2H3,(H2,49,65)(H,52,66)(H,55,62)(H,56,64)(H,57,63)(H,58,67)(H,59,68)(H,60,69)(H4,50,51,53)/t32-,33-,34-,35-,36?,37?,41-/m0/s1. The topological polar surface area (TPSA) is 344 Å². The van der Waals surface area contributed by atoms with Crippen LogP contribution in [-0.2, 0) is 56.0 Å². The summed E-state index contributed by atoms with van der Waals surface area (Å²) in [6, 6.07) is 10.6. The van der Waals surface area contributed by atoms with Crippen LogP contribution in [0, 0.1) is 5.92 Å². The number of primary amides is 1. The fraction of sp³-hybridized carbons (Fsp3) is 0.542. The van der Waals surface area contributed by atoms with Crippen LogP contribution in [0.5, 0.6) is 0 Å². The summed E-state index contributed by atoms with van der Waals surface area (Å²) in [6.07, 6.45) is 0.635. The van der Waals surface area contributed by atoms with Gasteiger partial charge in [-0.2, -0.15) is 12.6 Å². The van der Waals surface area contributed by atoms with Gasteiger partial charge in [-0.1, -0.05) is 96.1 Å². The zero-order chi connectivity index (χ0) is 53.3. The number of benzene rings is 2. The van der Waals surface area contributed by atoms with Crippen molar-refractivity contribution in [2.24, 2.45) is 28.1 Å². The molecule has 400 valence electrons. The third-order valence-electron chi connectivity index (χ3n) is 11.6. The highest BCUT2D eigenvalue weighted by Crippen LogP contribution is 2.25. The van der Waals surface area contributed by atoms with Crippen molar-refractivity contribution in [3.8, 4) is 0 Å². The molecule has 0 aromatic heterocycles. The number of carbonyl (C=O) groups excluding carboxylic acids is 9. The number of hydrogen-bond acceptors (Lipinski definition) is 14. The molecule has 0 aliphatic carbocycles. The van der Waals surface area contributed by atoms with Crippen molar-refractivity contribution in [1.29, 1.82) is 0 Å². The molecule has 0 saturated carbocycles. The van der Waals surface area contributed by atoms with E-state index in [9.17, 15) is 43.2 Å². The van der Waals surface area contributed by atoms with Crippen molar-refractivity contribution in [2.75, 3.05) is 37.7 Å². The van der Waals surface area contributed by atoms with Crippen molar-refractivity contribution in [2.45, 2.75) is 120 Å². The molecule has 0 spiro atoms. The Bertz CT molecular complexity index is 2210. The maximum absolute atomic E-state index is 15.0. The van der Waals surface area contributed by atoms with E-state index in [-0.39, 0.29) is 95.1 Å². The predicted molar refractivity (Wildman–Crippen MR) is 284 cm³/mol. The number of thiol groups is 1. The van der Waals surface area contributed by atoms with Gasteiger partial charge in [0.1, 0.15) is 36.3 Å². The van der Waals surface area contributed by atoms with E-state index in [1.807, 2.05) is 13.8 Å². The van der Waals surface area contributed by atoms with Crippen molar-refractivity contribution in [3.05, 3.63) is 71.8 Å². The number of carbonyl (C=O) groups is 9. The van der Waals surface area contributed by atoms with Crippen LogP contribution < -0.4 is 59.8 Å². The molecule has 2 saturated heterocycles. The Labute approximate surface area is 439 Å². The number of nitrogens with zero attached hydrogens (tertiary/aromatic N) is 2. The minimum Gasteiger partial charge on any atom is -0.370 e. The van der Waals surface area contributed by atoms with E-state index in [1.54, 1.807) is 60.7 Å². The number of hydrogen-bond donors (Lipinski definition) is 12. The summed E-state index contributed by atoms with van der Waals surface area (Å²) in [7, 11) is 2.63. The van der Waals surface area contributed by atoms with Gasteiger partial charge in [-0.15, -0.1) is 0 Å². The van der Waals surface area contributed by atoms with E-state index in [4.69, 9.17) is 17.2 Å². The molecule has 25 heteroatoms. The molecule has 7 atom stereocenters. The van der Waals surface area contributed by atoms with Crippen LogP contribution >= 0.6 is 34.2 Å². The van der Waals surface area contributed by atoms with Gasteiger partial charge in [-0.05, 0) is 55.6 Å². The summed E-state index contributed by atoms with van der Waals surface area (Å²) < 4.78 is 0. The Hall–Kier alpha value is -6.05. The lowest BCUT2D eigenvalue weighted by atomic mass is 10.0. The van der Waals surface area contributed by atoms with Gasteiger partial charge in [0.05, 0.1) is 6.54 Å². The highest BCUT2D eigenvalue weighted by molar-refractivity contribution is 8.76. The second-order valence-corrected chi connectivity index (χ2v) is 21.4. The normalized spacial score (nSPS) is 24.6. The molecule has 22 nitrogen and oxygen atoms in total.